The van der Waals surface area contributed by atoms with E-state index in [4.69, 9.17) is 10.5 Å². The van der Waals surface area contributed by atoms with E-state index in [-0.39, 0.29) is 0 Å². The molecule has 0 atom stereocenters. The van der Waals surface area contributed by atoms with E-state index in [0.717, 1.165) is 16.9 Å². The van der Waals surface area contributed by atoms with Gasteiger partial charge in [0.1, 0.15) is 0 Å². The molecule has 0 spiro atoms. The number of benzene rings is 1. The van der Waals surface area contributed by atoms with Crippen molar-refractivity contribution in [3.05, 3.63) is 48.2 Å². The maximum Gasteiger partial charge on any atom is 0.213 e. The van der Waals surface area contributed by atoms with Crippen molar-refractivity contribution in [1.29, 1.82) is 0 Å². The molecule has 0 aliphatic carbocycles. The summed E-state index contributed by atoms with van der Waals surface area (Å²) in [5, 5.41) is 3.29. The Labute approximate surface area is 100 Å². The van der Waals surface area contributed by atoms with Crippen molar-refractivity contribution in [3.8, 4) is 5.88 Å². The lowest BCUT2D eigenvalue weighted by atomic mass is 10.2. The Morgan fingerprint density at radius 2 is 2.18 bits per heavy atom. The molecule has 0 saturated carbocycles. The molecule has 0 saturated heterocycles. The van der Waals surface area contributed by atoms with Gasteiger partial charge in [0.15, 0.2) is 0 Å². The summed E-state index contributed by atoms with van der Waals surface area (Å²) in [7, 11) is 1.61. The zero-order valence-electron chi connectivity index (χ0n) is 9.68. The number of hydrogen-bond acceptors (Lipinski definition) is 4. The summed E-state index contributed by atoms with van der Waals surface area (Å²) in [5.41, 5.74) is 8.57. The summed E-state index contributed by atoms with van der Waals surface area (Å²) in [4.78, 5) is 4.06. The fourth-order valence-electron chi connectivity index (χ4n) is 1.52. The molecule has 0 radical (unpaired) electrons. The van der Waals surface area contributed by atoms with Gasteiger partial charge in [-0.2, -0.15) is 0 Å². The van der Waals surface area contributed by atoms with Gasteiger partial charge in [-0.05, 0) is 29.8 Å². The van der Waals surface area contributed by atoms with Crippen LogP contribution in [0.3, 0.4) is 0 Å². The minimum Gasteiger partial charge on any atom is -0.481 e. The molecule has 0 aliphatic heterocycles. The highest BCUT2D eigenvalue weighted by Gasteiger charge is 1.97. The van der Waals surface area contributed by atoms with Crippen molar-refractivity contribution >= 4 is 11.4 Å². The molecule has 2 rings (SSSR count). The fraction of sp³-hybridized carbons (Fsp3) is 0.154. The third-order valence-corrected chi connectivity index (χ3v) is 2.39. The quantitative estimate of drug-likeness (QED) is 0.790. The second-order valence-corrected chi connectivity index (χ2v) is 3.69. The van der Waals surface area contributed by atoms with Gasteiger partial charge in [-0.25, -0.2) is 4.98 Å². The molecule has 1 aromatic heterocycles. The van der Waals surface area contributed by atoms with E-state index in [9.17, 15) is 0 Å². The first-order valence-electron chi connectivity index (χ1n) is 5.36. The average Bonchev–Trinajstić information content (AvgIpc) is 2.37. The first kappa shape index (κ1) is 11.3. The average molecular weight is 229 g/mol. The summed E-state index contributed by atoms with van der Waals surface area (Å²) in [5.74, 6) is 0.622. The maximum absolute atomic E-state index is 5.70. The standard InChI is InChI=1S/C13H15N3O/c1-17-13-7-10(5-6-15-13)9-16-12-4-2-3-11(14)8-12/h2-8,16H,9,14H2,1H3. The molecule has 4 nitrogen and oxygen atoms in total. The largest absolute Gasteiger partial charge is 0.481 e. The molecule has 0 unspecified atom stereocenters. The molecule has 0 fully saturated rings. The van der Waals surface area contributed by atoms with Gasteiger partial charge in [-0.3, -0.25) is 0 Å². The Hall–Kier alpha value is -2.23. The van der Waals surface area contributed by atoms with Crippen LogP contribution in [0, 0.1) is 0 Å². The van der Waals surface area contributed by atoms with Crippen molar-refractivity contribution < 1.29 is 4.74 Å². The van der Waals surface area contributed by atoms with Crippen LogP contribution >= 0.6 is 0 Å². The third kappa shape index (κ3) is 3.11. The van der Waals surface area contributed by atoms with Crippen LogP contribution in [-0.2, 0) is 6.54 Å². The SMILES string of the molecule is COc1cc(CNc2cccc(N)c2)ccn1. The molecule has 2 aromatic rings. The van der Waals surface area contributed by atoms with Gasteiger partial charge in [-0.1, -0.05) is 6.07 Å². The van der Waals surface area contributed by atoms with E-state index >= 15 is 0 Å². The van der Waals surface area contributed by atoms with Crippen molar-refractivity contribution in [2.45, 2.75) is 6.54 Å². The van der Waals surface area contributed by atoms with Crippen LogP contribution in [-0.4, -0.2) is 12.1 Å². The third-order valence-electron chi connectivity index (χ3n) is 2.39. The summed E-state index contributed by atoms with van der Waals surface area (Å²) in [6.07, 6.45) is 1.73. The van der Waals surface area contributed by atoms with Crippen LogP contribution in [0.4, 0.5) is 11.4 Å². The van der Waals surface area contributed by atoms with Crippen LogP contribution in [0.25, 0.3) is 0 Å². The van der Waals surface area contributed by atoms with Gasteiger partial charge in [0.2, 0.25) is 5.88 Å². The Balaban J connectivity index is 2.02. The highest BCUT2D eigenvalue weighted by atomic mass is 16.5. The van der Waals surface area contributed by atoms with Gasteiger partial charge < -0.3 is 15.8 Å². The first-order chi connectivity index (χ1) is 8.28. The fourth-order valence-corrected chi connectivity index (χ4v) is 1.52. The number of nitrogen functional groups attached to an aromatic ring is 1. The van der Waals surface area contributed by atoms with Gasteiger partial charge >= 0.3 is 0 Å². The van der Waals surface area contributed by atoms with E-state index in [1.165, 1.54) is 0 Å². The number of nitrogens with one attached hydrogen (secondary N) is 1. The van der Waals surface area contributed by atoms with Crippen LogP contribution in [0.2, 0.25) is 0 Å². The van der Waals surface area contributed by atoms with Crippen molar-refractivity contribution in [2.75, 3.05) is 18.2 Å². The van der Waals surface area contributed by atoms with Crippen LogP contribution < -0.4 is 15.8 Å². The second kappa shape index (κ2) is 5.21. The number of rotatable bonds is 4. The Morgan fingerprint density at radius 1 is 1.29 bits per heavy atom. The summed E-state index contributed by atoms with van der Waals surface area (Å²) >= 11 is 0. The molecule has 1 heterocycles. The van der Waals surface area contributed by atoms with E-state index in [1.807, 2.05) is 36.4 Å². The highest BCUT2D eigenvalue weighted by molar-refractivity contribution is 5.54. The Kier molecular flexibility index (Phi) is 3.45. The second-order valence-electron chi connectivity index (χ2n) is 3.69. The number of hydrogen-bond donors (Lipinski definition) is 2. The number of aromatic nitrogens is 1. The molecule has 0 bridgehead atoms. The molecule has 4 heteroatoms. The van der Waals surface area contributed by atoms with Crippen molar-refractivity contribution in [1.82, 2.24) is 4.98 Å². The van der Waals surface area contributed by atoms with Crippen molar-refractivity contribution in [3.63, 3.8) is 0 Å². The number of nitrogens with zero attached hydrogens (tertiary/aromatic N) is 1. The van der Waals surface area contributed by atoms with Crippen LogP contribution in [0.5, 0.6) is 5.88 Å². The van der Waals surface area contributed by atoms with E-state index in [0.29, 0.717) is 12.4 Å². The molecule has 1 aromatic carbocycles. The van der Waals surface area contributed by atoms with E-state index in [1.54, 1.807) is 13.3 Å². The van der Waals surface area contributed by atoms with E-state index in [2.05, 4.69) is 10.3 Å². The number of pyridine rings is 1. The molecule has 0 amide bonds. The van der Waals surface area contributed by atoms with Gasteiger partial charge in [0, 0.05) is 30.2 Å². The number of methoxy groups -OCH3 is 1. The molecule has 0 aliphatic rings. The van der Waals surface area contributed by atoms with Gasteiger partial charge in [0.05, 0.1) is 7.11 Å². The smallest absolute Gasteiger partial charge is 0.213 e. The maximum atomic E-state index is 5.70. The lowest BCUT2D eigenvalue weighted by molar-refractivity contribution is 0.397. The summed E-state index contributed by atoms with van der Waals surface area (Å²) in [6, 6.07) is 11.5. The lowest BCUT2D eigenvalue weighted by Crippen LogP contribution is -2.00. The normalized spacial score (nSPS) is 9.94. The molecule has 88 valence electrons. The molecular weight excluding hydrogens is 214 g/mol. The number of ether oxygens (including phenoxy) is 1. The molecular formula is C13H15N3O. The zero-order valence-corrected chi connectivity index (χ0v) is 9.68. The highest BCUT2D eigenvalue weighted by Crippen LogP contribution is 2.14. The minimum atomic E-state index is 0.622. The first-order valence-corrected chi connectivity index (χ1v) is 5.36. The van der Waals surface area contributed by atoms with E-state index < -0.39 is 0 Å². The lowest BCUT2D eigenvalue weighted by Gasteiger charge is -2.07. The number of nitrogens with two attached hydrogens (primary N) is 1. The topological polar surface area (TPSA) is 60.2 Å². The van der Waals surface area contributed by atoms with Crippen molar-refractivity contribution in [2.24, 2.45) is 0 Å². The molecule has 3 N–H and O–H groups in total. The van der Waals surface area contributed by atoms with Crippen LogP contribution in [0.15, 0.2) is 42.6 Å². The Morgan fingerprint density at radius 3 is 2.94 bits per heavy atom. The molecule has 17 heavy (non-hydrogen) atoms. The predicted molar refractivity (Wildman–Crippen MR) is 69.0 cm³/mol. The number of anilines is 2. The van der Waals surface area contributed by atoms with Crippen LogP contribution in [0.1, 0.15) is 5.56 Å². The monoisotopic (exact) mass is 229 g/mol. The van der Waals surface area contributed by atoms with Gasteiger partial charge in [-0.15, -0.1) is 0 Å². The van der Waals surface area contributed by atoms with Gasteiger partial charge in [0.25, 0.3) is 0 Å². The Bertz CT molecular complexity index is 500. The summed E-state index contributed by atoms with van der Waals surface area (Å²) < 4.78 is 5.07. The summed E-state index contributed by atoms with van der Waals surface area (Å²) in [6.45, 7) is 0.711. The zero-order chi connectivity index (χ0) is 12.1. The predicted octanol–water partition coefficient (Wildman–Crippen LogP) is 2.28. The minimum absolute atomic E-state index is 0.622.